The Kier molecular flexibility index (Phi) is 11.2. The van der Waals surface area contributed by atoms with Crippen molar-refractivity contribution in [2.75, 3.05) is 41.3 Å². The second-order valence-corrected chi connectivity index (χ2v) is 14.8. The van der Waals surface area contributed by atoms with Gasteiger partial charge in [-0.2, -0.15) is 0 Å². The average molecular weight is 824 g/mol. The predicted octanol–water partition coefficient (Wildman–Crippen LogP) is 4.35. The zero-order valence-corrected chi connectivity index (χ0v) is 31.5. The molecule has 7 rings (SSSR count). The summed E-state index contributed by atoms with van der Waals surface area (Å²) in [6, 6.07) is 7.07. The van der Waals surface area contributed by atoms with Crippen LogP contribution in [-0.2, 0) is 47.5 Å². The molecule has 5 aliphatic rings. The van der Waals surface area contributed by atoms with Gasteiger partial charge in [0.2, 0.25) is 22.2 Å². The third kappa shape index (κ3) is 7.10. The maximum Gasteiger partial charge on any atom is 0.340 e. The Balaban J connectivity index is 1.35. The number of hydrogen-bond donors (Lipinski definition) is 0. The van der Waals surface area contributed by atoms with E-state index in [1.54, 1.807) is 31.2 Å². The van der Waals surface area contributed by atoms with Crippen LogP contribution >= 0.6 is 46.4 Å². The fraction of sp³-hybridized carbons (Fsp3) is 0.559. The molecule has 2 aromatic carbocycles. The summed E-state index contributed by atoms with van der Waals surface area (Å²) < 4.78 is 70.3. The number of benzene rings is 2. The first-order valence-corrected chi connectivity index (χ1v) is 18.1. The molecule has 0 amide bonds. The molecule has 3 fully saturated rings. The molecule has 3 saturated heterocycles. The van der Waals surface area contributed by atoms with Crippen molar-refractivity contribution in [1.82, 2.24) is 0 Å². The number of ether oxygens (including phenoxy) is 12. The van der Waals surface area contributed by atoms with E-state index in [4.69, 9.17) is 103 Å². The van der Waals surface area contributed by atoms with Crippen LogP contribution in [0, 0.1) is 11.8 Å². The molecule has 4 aliphatic heterocycles. The lowest BCUT2D eigenvalue weighted by Crippen LogP contribution is -2.65. The quantitative estimate of drug-likeness (QED) is 0.189. The van der Waals surface area contributed by atoms with Crippen molar-refractivity contribution in [3.8, 4) is 28.7 Å². The minimum Gasteiger partial charge on any atom is -0.493 e. The van der Waals surface area contributed by atoms with Crippen molar-refractivity contribution >= 4 is 64.3 Å². The third-order valence-corrected chi connectivity index (χ3v) is 10.5. The molecular formula is C34H34Cl4O15. The molecule has 10 atom stereocenters. The monoisotopic (exact) mass is 822 g/mol. The smallest absolute Gasteiger partial charge is 0.340 e. The molecule has 15 nitrogen and oxygen atoms in total. The molecule has 1 aliphatic carbocycles. The summed E-state index contributed by atoms with van der Waals surface area (Å²) in [7, 11) is 4.48. The molecule has 0 N–H and O–H groups in total. The number of hydrogen-bond acceptors (Lipinski definition) is 15. The molecule has 53 heavy (non-hydrogen) atoms. The van der Waals surface area contributed by atoms with Crippen molar-refractivity contribution in [3.05, 3.63) is 41.0 Å². The summed E-state index contributed by atoms with van der Waals surface area (Å²) in [5.74, 6) is -2.75. The van der Waals surface area contributed by atoms with Gasteiger partial charge >= 0.3 is 17.9 Å². The first-order chi connectivity index (χ1) is 25.4. The lowest BCUT2D eigenvalue weighted by Gasteiger charge is -2.49. The van der Waals surface area contributed by atoms with Gasteiger partial charge in [0.1, 0.15) is 12.2 Å². The number of methoxy groups -OCH3 is 3. The van der Waals surface area contributed by atoms with Gasteiger partial charge in [0.25, 0.3) is 0 Å². The second-order valence-electron chi connectivity index (χ2n) is 12.6. The van der Waals surface area contributed by atoms with E-state index >= 15 is 0 Å². The molecular weight excluding hydrogens is 790 g/mol. The van der Waals surface area contributed by atoms with Gasteiger partial charge in [-0.1, -0.05) is 46.4 Å². The number of halogens is 4. The summed E-state index contributed by atoms with van der Waals surface area (Å²) in [6.07, 6.45) is -8.08. The Morgan fingerprint density at radius 1 is 0.792 bits per heavy atom. The summed E-state index contributed by atoms with van der Waals surface area (Å²) in [4.78, 5) is 36.4. The van der Waals surface area contributed by atoms with E-state index in [9.17, 15) is 14.4 Å². The van der Waals surface area contributed by atoms with Crippen LogP contribution in [0.4, 0.5) is 0 Å². The molecule has 0 spiro atoms. The van der Waals surface area contributed by atoms with Crippen LogP contribution in [0.3, 0.4) is 0 Å². The number of rotatable bonds is 10. The predicted molar refractivity (Wildman–Crippen MR) is 182 cm³/mol. The number of esters is 3. The lowest BCUT2D eigenvalue weighted by molar-refractivity contribution is -0.365. The minimum atomic E-state index is -1.63. The van der Waals surface area contributed by atoms with Gasteiger partial charge in [0.05, 0.1) is 46.6 Å². The van der Waals surface area contributed by atoms with Crippen molar-refractivity contribution in [2.24, 2.45) is 11.8 Å². The van der Waals surface area contributed by atoms with E-state index < -0.39 is 88.4 Å². The van der Waals surface area contributed by atoms with Crippen LogP contribution in [0.1, 0.15) is 35.6 Å². The second kappa shape index (κ2) is 15.5. The van der Waals surface area contributed by atoms with E-state index in [1.807, 2.05) is 0 Å². The van der Waals surface area contributed by atoms with Crippen LogP contribution in [0.25, 0.3) is 0 Å². The van der Waals surface area contributed by atoms with Gasteiger partial charge < -0.3 is 56.8 Å². The zero-order chi connectivity index (χ0) is 37.7. The molecule has 0 aromatic heterocycles. The fourth-order valence-corrected chi connectivity index (χ4v) is 7.73. The van der Waals surface area contributed by atoms with Gasteiger partial charge in [0, 0.05) is 11.8 Å². The van der Waals surface area contributed by atoms with Crippen molar-refractivity contribution in [1.29, 1.82) is 0 Å². The molecule has 288 valence electrons. The first-order valence-electron chi connectivity index (χ1n) is 16.4. The Morgan fingerprint density at radius 3 is 2.02 bits per heavy atom. The van der Waals surface area contributed by atoms with E-state index in [0.29, 0.717) is 45.4 Å². The van der Waals surface area contributed by atoms with E-state index in [-0.39, 0.29) is 20.0 Å². The van der Waals surface area contributed by atoms with Gasteiger partial charge in [-0.25, -0.2) is 9.59 Å². The number of alkyl halides is 4. The number of carbonyl (C=O) groups excluding carboxylic acids is 3. The highest BCUT2D eigenvalue weighted by atomic mass is 35.5. The topological polar surface area (TPSA) is 162 Å². The average Bonchev–Trinajstić information content (AvgIpc) is 3.77. The molecule has 0 saturated carbocycles. The van der Waals surface area contributed by atoms with Gasteiger partial charge in [-0.15, -0.1) is 0 Å². The Morgan fingerprint density at radius 2 is 1.42 bits per heavy atom. The van der Waals surface area contributed by atoms with E-state index in [1.165, 1.54) is 21.3 Å². The Bertz CT molecular complexity index is 1720. The van der Waals surface area contributed by atoms with Crippen molar-refractivity contribution < 1.29 is 71.2 Å². The van der Waals surface area contributed by atoms with Crippen molar-refractivity contribution in [3.63, 3.8) is 0 Å². The SMILES string of the molecule is COc1cc([C@@H]2c3cc4c(cc3[C@@H](O[C@@H]3O[C@@H]5CO[C@@H](C)O[C@H]5[C@H](OC(=O)C(Cl)Cl)[C@H]3OC(=O)C(Cl)Cl)[C@H]3COC(=O)[C@H]23)OCO4)cc(OC)c1OC. The highest BCUT2D eigenvalue weighted by Gasteiger charge is 2.58. The van der Waals surface area contributed by atoms with Crippen LogP contribution in [-0.4, -0.2) is 106 Å². The maximum absolute atomic E-state index is 13.8. The summed E-state index contributed by atoms with van der Waals surface area (Å²) in [5.41, 5.74) is 1.86. The van der Waals surface area contributed by atoms with E-state index in [2.05, 4.69) is 0 Å². The minimum absolute atomic E-state index is 0.0178. The maximum atomic E-state index is 13.8. The number of fused-ring (bicyclic) bond motifs is 4. The highest BCUT2D eigenvalue weighted by molar-refractivity contribution is 6.53. The summed E-state index contributed by atoms with van der Waals surface area (Å²) in [5, 5.41) is 0. The summed E-state index contributed by atoms with van der Waals surface area (Å²) in [6.45, 7) is 1.52. The lowest BCUT2D eigenvalue weighted by atomic mass is 9.66. The van der Waals surface area contributed by atoms with Crippen LogP contribution in [0.2, 0.25) is 0 Å². The zero-order valence-electron chi connectivity index (χ0n) is 28.5. The van der Waals surface area contributed by atoms with Crippen LogP contribution in [0.5, 0.6) is 28.7 Å². The Hall–Kier alpha value is -3.15. The van der Waals surface area contributed by atoms with Gasteiger partial charge in [-0.3, -0.25) is 4.79 Å². The van der Waals surface area contributed by atoms with Crippen LogP contribution in [0.15, 0.2) is 24.3 Å². The molecule has 4 heterocycles. The van der Waals surface area contributed by atoms with Crippen LogP contribution < -0.4 is 23.7 Å². The standard InChI is InChI=1S/C34H34Cl4O15/c1-12-45-10-21-26(49-12)27(51-32(40)29(35)36)28(52-33(41)30(37)38)34(50-21)53-24-15-8-18-17(47-11-48-18)7-14(15)22(23-16(24)9-46-31(23)39)13-5-19(42-2)25(44-4)20(6-13)43-3/h5-8,12,16,21-24,26-30,34H,9-11H2,1-4H3/t12-,16+,21-,22-,23+,24-,26-,27+,28-,34+/m1/s1. The highest BCUT2D eigenvalue weighted by Crippen LogP contribution is 2.57. The van der Waals surface area contributed by atoms with E-state index in [0.717, 1.165) is 0 Å². The largest absolute Gasteiger partial charge is 0.493 e. The Labute approximate surface area is 323 Å². The molecule has 0 bridgehead atoms. The molecule has 19 heteroatoms. The van der Waals surface area contributed by atoms with Crippen molar-refractivity contribution in [2.45, 2.75) is 65.6 Å². The van der Waals surface area contributed by atoms with Gasteiger partial charge in [0.15, 0.2) is 47.8 Å². The normalized spacial score (nSPS) is 31.2. The molecule has 0 unspecified atom stereocenters. The third-order valence-electron chi connectivity index (χ3n) is 9.74. The van der Waals surface area contributed by atoms with Gasteiger partial charge in [-0.05, 0) is 47.9 Å². The molecule has 2 aromatic rings. The fourth-order valence-electron chi connectivity index (χ4n) is 7.52. The molecule has 0 radical (unpaired) electrons. The number of carbonyl (C=O) groups is 3. The summed E-state index contributed by atoms with van der Waals surface area (Å²) >= 11 is 23.5. The number of cyclic esters (lactones) is 1. The first kappa shape index (κ1) is 38.1.